The fourth-order valence-corrected chi connectivity index (χ4v) is 6.78. The largest absolute Gasteiger partial charge is 0.433 e. The minimum atomic E-state index is -4.60. The van der Waals surface area contributed by atoms with Gasteiger partial charge in [-0.25, -0.2) is 9.97 Å². The number of ether oxygens (including phenoxy) is 1. The molecule has 2 aliphatic rings. The normalized spacial score (nSPS) is 18.2. The van der Waals surface area contributed by atoms with E-state index in [2.05, 4.69) is 48.7 Å². The van der Waals surface area contributed by atoms with Gasteiger partial charge in [0.25, 0.3) is 0 Å². The van der Waals surface area contributed by atoms with Crippen LogP contribution in [0.2, 0.25) is 0 Å². The molecule has 7 rings (SSSR count). The van der Waals surface area contributed by atoms with Gasteiger partial charge in [0.15, 0.2) is 5.82 Å². The van der Waals surface area contributed by atoms with Crippen molar-refractivity contribution in [2.24, 2.45) is 5.41 Å². The lowest BCUT2D eigenvalue weighted by Gasteiger charge is -2.30. The number of likely N-dealkylation sites (tertiary alicyclic amines) is 1. The quantitative estimate of drug-likeness (QED) is 0.201. The summed E-state index contributed by atoms with van der Waals surface area (Å²) >= 11 is 0. The van der Waals surface area contributed by atoms with E-state index < -0.39 is 17.3 Å². The Balaban J connectivity index is 0.985. The van der Waals surface area contributed by atoms with Gasteiger partial charge in [0.1, 0.15) is 11.4 Å². The highest BCUT2D eigenvalue weighted by atomic mass is 19.4. The highest BCUT2D eigenvalue weighted by Crippen LogP contribution is 2.36. The first-order chi connectivity index (χ1) is 24.6. The highest BCUT2D eigenvalue weighted by molar-refractivity contribution is 6.00. The van der Waals surface area contributed by atoms with Gasteiger partial charge in [0.2, 0.25) is 11.8 Å². The monoisotopic (exact) mass is 696 g/mol. The molecule has 2 aromatic carbocycles. The number of carbonyl (C=O) groups is 2. The molecule has 262 valence electrons. The van der Waals surface area contributed by atoms with Crippen LogP contribution < -0.4 is 5.32 Å². The molecule has 51 heavy (non-hydrogen) atoms. The average molecular weight is 697 g/mol. The summed E-state index contributed by atoms with van der Waals surface area (Å²) in [6.07, 6.45) is 3.24. The molecule has 14 heteroatoms. The van der Waals surface area contributed by atoms with Crippen LogP contribution in [-0.2, 0) is 20.5 Å². The lowest BCUT2D eigenvalue weighted by molar-refractivity contribution is -0.141. The topological polar surface area (TPSA) is 129 Å². The van der Waals surface area contributed by atoms with E-state index in [9.17, 15) is 22.8 Å². The lowest BCUT2D eigenvalue weighted by atomic mass is 9.87. The molecule has 2 amide bonds. The summed E-state index contributed by atoms with van der Waals surface area (Å²) in [4.78, 5) is 43.1. The van der Waals surface area contributed by atoms with Gasteiger partial charge in [-0.05, 0) is 66.9 Å². The van der Waals surface area contributed by atoms with Crippen molar-refractivity contribution in [2.75, 3.05) is 51.8 Å². The number of H-pyrrole nitrogens is 1. The molecule has 1 atom stereocenters. The SMILES string of the molecule is COC[C@@]1(C(=O)Nc2ccc3[nH]nc(-c4ccnc(C(F)(F)F)c4)c3c2)CCN(CC(=O)N2CC=C(c3ccc(-c4ncccn4)cc3)CC2)C1. The van der Waals surface area contributed by atoms with E-state index in [1.54, 1.807) is 36.7 Å². The molecule has 2 aliphatic heterocycles. The van der Waals surface area contributed by atoms with Crippen LogP contribution in [0.5, 0.6) is 0 Å². The number of halogens is 3. The zero-order chi connectivity index (χ0) is 35.6. The maximum Gasteiger partial charge on any atom is 0.433 e. The molecule has 3 aromatic heterocycles. The van der Waals surface area contributed by atoms with E-state index in [-0.39, 0.29) is 30.5 Å². The third-order valence-electron chi connectivity index (χ3n) is 9.48. The molecule has 0 radical (unpaired) electrons. The number of anilines is 1. The number of benzene rings is 2. The average Bonchev–Trinajstić information content (AvgIpc) is 3.76. The van der Waals surface area contributed by atoms with Gasteiger partial charge in [0.05, 0.1) is 24.1 Å². The van der Waals surface area contributed by atoms with Gasteiger partial charge in [0, 0.05) is 67.5 Å². The molecule has 1 saturated heterocycles. The second kappa shape index (κ2) is 14.0. The number of hydrogen-bond donors (Lipinski definition) is 2. The smallest absolute Gasteiger partial charge is 0.384 e. The summed E-state index contributed by atoms with van der Waals surface area (Å²) in [5.74, 6) is 0.410. The van der Waals surface area contributed by atoms with Crippen molar-refractivity contribution in [3.05, 3.63) is 96.6 Å². The lowest BCUT2D eigenvalue weighted by Crippen LogP contribution is -2.45. The van der Waals surface area contributed by atoms with Crippen LogP contribution in [0.25, 0.3) is 39.1 Å². The van der Waals surface area contributed by atoms with E-state index in [0.717, 1.165) is 29.8 Å². The molecule has 5 aromatic rings. The Morgan fingerprint density at radius 3 is 2.47 bits per heavy atom. The van der Waals surface area contributed by atoms with Crippen LogP contribution in [0.1, 0.15) is 24.1 Å². The zero-order valence-electron chi connectivity index (χ0n) is 27.8. The number of aromatic nitrogens is 5. The molecular weight excluding hydrogens is 661 g/mol. The van der Waals surface area contributed by atoms with Crippen molar-refractivity contribution in [1.82, 2.24) is 34.9 Å². The number of alkyl halides is 3. The van der Waals surface area contributed by atoms with Crippen LogP contribution in [0, 0.1) is 5.41 Å². The summed E-state index contributed by atoms with van der Waals surface area (Å²) in [5, 5.41) is 10.6. The summed E-state index contributed by atoms with van der Waals surface area (Å²) in [7, 11) is 1.54. The summed E-state index contributed by atoms with van der Waals surface area (Å²) in [6, 6.07) is 17.4. The molecule has 5 heterocycles. The molecule has 11 nitrogen and oxygen atoms in total. The number of carbonyl (C=O) groups excluding carboxylic acids is 2. The molecular formula is C37H35F3N8O3. The third kappa shape index (κ3) is 7.23. The fraction of sp³-hybridized carbons (Fsp3) is 0.297. The van der Waals surface area contributed by atoms with E-state index in [0.29, 0.717) is 60.7 Å². The van der Waals surface area contributed by atoms with Crippen molar-refractivity contribution in [2.45, 2.75) is 19.0 Å². The summed E-state index contributed by atoms with van der Waals surface area (Å²) < 4.78 is 45.5. The predicted octanol–water partition coefficient (Wildman–Crippen LogP) is 5.69. The van der Waals surface area contributed by atoms with Crippen LogP contribution in [0.15, 0.2) is 85.3 Å². The molecule has 0 unspecified atom stereocenters. The molecule has 0 aliphatic carbocycles. The van der Waals surface area contributed by atoms with Crippen molar-refractivity contribution >= 4 is 34.0 Å². The van der Waals surface area contributed by atoms with E-state index in [1.165, 1.54) is 18.7 Å². The van der Waals surface area contributed by atoms with E-state index >= 15 is 0 Å². The third-order valence-corrected chi connectivity index (χ3v) is 9.48. The van der Waals surface area contributed by atoms with Gasteiger partial charge in [-0.3, -0.25) is 24.6 Å². The van der Waals surface area contributed by atoms with Gasteiger partial charge in [-0.2, -0.15) is 18.3 Å². The first-order valence-corrected chi connectivity index (χ1v) is 16.5. The second-order valence-electron chi connectivity index (χ2n) is 12.9. The molecule has 0 saturated carbocycles. The maximum absolute atomic E-state index is 13.8. The number of fused-ring (bicyclic) bond motifs is 1. The molecule has 2 N–H and O–H groups in total. The minimum Gasteiger partial charge on any atom is -0.384 e. The van der Waals surface area contributed by atoms with Gasteiger partial charge >= 0.3 is 6.18 Å². The van der Waals surface area contributed by atoms with Crippen molar-refractivity contribution in [3.63, 3.8) is 0 Å². The van der Waals surface area contributed by atoms with Crippen LogP contribution >= 0.6 is 0 Å². The number of rotatable bonds is 9. The van der Waals surface area contributed by atoms with Gasteiger partial charge in [-0.1, -0.05) is 30.3 Å². The van der Waals surface area contributed by atoms with Crippen molar-refractivity contribution < 1.29 is 27.5 Å². The Morgan fingerprint density at radius 1 is 0.961 bits per heavy atom. The standard InChI is InChI=1S/C37H35F3N8O3/c1-51-23-36(35(50)44-28-7-8-30-29(20-28)33(46-45-30)27-9-15-41-31(19-27)37(38,39)40)12-18-47(22-36)21-32(49)48-16-10-25(11-17-48)24-3-5-26(6-4-24)34-42-13-2-14-43-34/h2-10,13-15,19-20H,11-12,16-18,21-23H2,1H3,(H,44,50)(H,45,46)/t36-/m1/s1. The Bertz CT molecular complexity index is 2080. The molecule has 0 spiro atoms. The first kappa shape index (κ1) is 34.0. The number of nitrogens with zero attached hydrogens (tertiary/aromatic N) is 6. The van der Waals surface area contributed by atoms with Crippen LogP contribution in [0.3, 0.4) is 0 Å². The highest BCUT2D eigenvalue weighted by Gasteiger charge is 2.45. The first-order valence-electron chi connectivity index (χ1n) is 16.5. The number of aromatic amines is 1. The Hall–Kier alpha value is -5.47. The summed E-state index contributed by atoms with van der Waals surface area (Å²) in [6.45, 7) is 2.32. The second-order valence-corrected chi connectivity index (χ2v) is 12.9. The molecule has 1 fully saturated rings. The minimum absolute atomic E-state index is 0.00164. The number of amides is 2. The predicted molar refractivity (Wildman–Crippen MR) is 185 cm³/mol. The fourth-order valence-electron chi connectivity index (χ4n) is 6.78. The number of hydrogen-bond acceptors (Lipinski definition) is 8. The van der Waals surface area contributed by atoms with Crippen molar-refractivity contribution in [1.29, 1.82) is 0 Å². The zero-order valence-corrected chi connectivity index (χ0v) is 27.8. The number of methoxy groups -OCH3 is 1. The van der Waals surface area contributed by atoms with Gasteiger partial charge in [-0.15, -0.1) is 0 Å². The van der Waals surface area contributed by atoms with Crippen LogP contribution in [-0.4, -0.2) is 93.2 Å². The van der Waals surface area contributed by atoms with Crippen molar-refractivity contribution in [3.8, 4) is 22.6 Å². The molecule has 0 bridgehead atoms. The maximum atomic E-state index is 13.8. The van der Waals surface area contributed by atoms with E-state index in [4.69, 9.17) is 4.74 Å². The number of nitrogens with one attached hydrogen (secondary N) is 2. The summed E-state index contributed by atoms with van der Waals surface area (Å²) in [5.41, 5.74) is 2.92. The van der Waals surface area contributed by atoms with E-state index in [1.807, 2.05) is 21.9 Å². The Morgan fingerprint density at radius 2 is 1.75 bits per heavy atom. The Kier molecular flexibility index (Phi) is 9.36. The van der Waals surface area contributed by atoms with Crippen LogP contribution in [0.4, 0.5) is 18.9 Å². The van der Waals surface area contributed by atoms with Gasteiger partial charge < -0.3 is 15.0 Å². The number of pyridine rings is 1. The Labute approximate surface area is 291 Å².